The van der Waals surface area contributed by atoms with Crippen molar-refractivity contribution in [3.05, 3.63) is 11.8 Å². The summed E-state index contributed by atoms with van der Waals surface area (Å²) in [7, 11) is 1.32. The number of carbonyl (C=O) groups is 1. The maximum absolute atomic E-state index is 11.2. The molecule has 2 rings (SSSR count). The van der Waals surface area contributed by atoms with Gasteiger partial charge >= 0.3 is 5.97 Å². The van der Waals surface area contributed by atoms with E-state index in [2.05, 4.69) is 35.9 Å². The summed E-state index contributed by atoms with van der Waals surface area (Å²) in [6, 6.07) is 0. The highest BCUT2D eigenvalue weighted by molar-refractivity contribution is 9.18. The molecule has 1 atom stereocenters. The maximum Gasteiger partial charge on any atom is 0.356 e. The highest BCUT2D eigenvalue weighted by Gasteiger charge is 2.27. The number of fused-ring (bicyclic) bond motifs is 1. The van der Waals surface area contributed by atoms with Crippen molar-refractivity contribution in [1.29, 1.82) is 0 Å². The third kappa shape index (κ3) is 1.41. The average Bonchev–Trinajstić information content (AvgIpc) is 2.59. The molecular weight excluding hydrogens is 250 g/mol. The molecule has 5 nitrogen and oxygen atoms in total. The topological polar surface area (TPSA) is 63.4 Å². The first-order valence-electron chi connectivity index (χ1n) is 3.87. The van der Waals surface area contributed by atoms with E-state index in [0.717, 1.165) is 5.71 Å². The zero-order valence-corrected chi connectivity index (χ0v) is 8.85. The van der Waals surface area contributed by atoms with Gasteiger partial charge in [0.1, 0.15) is 10.3 Å². The molecule has 0 unspecified atom stereocenters. The molecular formula is C8H6BrN3O2. The average molecular weight is 256 g/mol. The van der Waals surface area contributed by atoms with Crippen LogP contribution in [0.25, 0.3) is 0 Å². The Labute approximate surface area is 88.4 Å². The molecule has 0 aliphatic carbocycles. The summed E-state index contributed by atoms with van der Waals surface area (Å²) in [6.07, 6.45) is 3.19. The number of methoxy groups -OCH3 is 1. The lowest BCUT2D eigenvalue weighted by Gasteiger charge is -2.10. The van der Waals surface area contributed by atoms with E-state index in [0.29, 0.717) is 4.62 Å². The third-order valence-corrected chi connectivity index (χ3v) is 2.54. The van der Waals surface area contributed by atoms with Gasteiger partial charge in [0, 0.05) is 0 Å². The van der Waals surface area contributed by atoms with Gasteiger partial charge in [0.2, 0.25) is 0 Å². The van der Waals surface area contributed by atoms with Crippen molar-refractivity contribution in [1.82, 2.24) is 0 Å². The Morgan fingerprint density at radius 2 is 2.36 bits per heavy atom. The second-order valence-corrected chi connectivity index (χ2v) is 3.54. The summed E-state index contributed by atoms with van der Waals surface area (Å²) in [5.74, 6) is -0.547. The van der Waals surface area contributed by atoms with Gasteiger partial charge in [-0.15, -0.1) is 5.10 Å². The molecule has 0 bridgehead atoms. The zero-order chi connectivity index (χ0) is 10.1. The highest BCUT2D eigenvalue weighted by atomic mass is 79.9. The number of allylic oxidation sites excluding steroid dienone is 1. The lowest BCUT2D eigenvalue weighted by molar-refractivity contribution is -0.136. The third-order valence-electron chi connectivity index (χ3n) is 1.89. The zero-order valence-electron chi connectivity index (χ0n) is 7.27. The second-order valence-electron chi connectivity index (χ2n) is 2.73. The Morgan fingerprint density at radius 3 is 3.07 bits per heavy atom. The van der Waals surface area contributed by atoms with Crippen LogP contribution in [0.1, 0.15) is 0 Å². The van der Waals surface area contributed by atoms with Crippen molar-refractivity contribution < 1.29 is 9.53 Å². The molecule has 14 heavy (non-hydrogen) atoms. The number of carbonyl (C=O) groups excluding carboxylic acids is 1. The molecule has 0 spiro atoms. The van der Waals surface area contributed by atoms with Crippen molar-refractivity contribution in [2.75, 3.05) is 7.11 Å². The van der Waals surface area contributed by atoms with Crippen LogP contribution < -0.4 is 0 Å². The Morgan fingerprint density at radius 1 is 1.57 bits per heavy atom. The minimum atomic E-state index is -0.451. The van der Waals surface area contributed by atoms with Crippen LogP contribution in [0.3, 0.4) is 0 Å². The van der Waals surface area contributed by atoms with Crippen LogP contribution in [0.5, 0.6) is 0 Å². The molecule has 0 aromatic rings. The summed E-state index contributed by atoms with van der Waals surface area (Å²) in [6.45, 7) is 0. The lowest BCUT2D eigenvalue weighted by atomic mass is 10.0. The number of rotatable bonds is 1. The van der Waals surface area contributed by atoms with Gasteiger partial charge in [0.05, 0.1) is 25.0 Å². The van der Waals surface area contributed by atoms with Crippen LogP contribution in [-0.4, -0.2) is 29.6 Å². The number of nitrogens with zero attached hydrogens (tertiary/aromatic N) is 3. The van der Waals surface area contributed by atoms with E-state index in [-0.39, 0.29) is 11.6 Å². The van der Waals surface area contributed by atoms with Gasteiger partial charge in [0.25, 0.3) is 0 Å². The van der Waals surface area contributed by atoms with Gasteiger partial charge in [-0.1, -0.05) is 0 Å². The predicted octanol–water partition coefficient (Wildman–Crippen LogP) is 0.907. The van der Waals surface area contributed by atoms with Gasteiger partial charge in [-0.2, -0.15) is 5.10 Å². The van der Waals surface area contributed by atoms with Gasteiger partial charge in [-0.3, -0.25) is 0 Å². The maximum atomic E-state index is 11.2. The van der Waals surface area contributed by atoms with Gasteiger partial charge in [-0.05, 0) is 22.0 Å². The Bertz CT molecular complexity index is 409. The first-order valence-corrected chi connectivity index (χ1v) is 4.67. The molecule has 0 aromatic carbocycles. The minimum Gasteiger partial charge on any atom is -0.464 e. The highest BCUT2D eigenvalue weighted by Crippen LogP contribution is 2.22. The van der Waals surface area contributed by atoms with Crippen molar-refractivity contribution >= 4 is 38.4 Å². The van der Waals surface area contributed by atoms with Crippen LogP contribution in [0.4, 0.5) is 0 Å². The fourth-order valence-corrected chi connectivity index (χ4v) is 1.62. The van der Waals surface area contributed by atoms with Gasteiger partial charge < -0.3 is 4.74 Å². The number of esters is 1. The fraction of sp³-hybridized carbons (Fsp3) is 0.250. The van der Waals surface area contributed by atoms with E-state index < -0.39 is 5.97 Å². The molecule has 0 amide bonds. The SMILES string of the molecule is COC(=O)C1=C[C@H]2C(Br)=NN=C2C=N1. The number of hydrogen-bond acceptors (Lipinski definition) is 5. The molecule has 0 fully saturated rings. The van der Waals surface area contributed by atoms with E-state index in [9.17, 15) is 4.79 Å². The number of halogens is 1. The minimum absolute atomic E-state index is 0.0957. The molecule has 2 aliphatic rings. The first kappa shape index (κ1) is 9.26. The second kappa shape index (κ2) is 3.45. The number of aliphatic imine (C=N–C) groups is 1. The normalized spacial score (nSPS) is 23.6. The van der Waals surface area contributed by atoms with E-state index in [1.807, 2.05) is 0 Å². The predicted molar refractivity (Wildman–Crippen MR) is 55.9 cm³/mol. The van der Waals surface area contributed by atoms with E-state index in [1.54, 1.807) is 6.08 Å². The fourth-order valence-electron chi connectivity index (χ4n) is 1.17. The molecule has 0 saturated carbocycles. The van der Waals surface area contributed by atoms with Crippen LogP contribution in [0, 0.1) is 5.92 Å². The van der Waals surface area contributed by atoms with Crippen LogP contribution >= 0.6 is 15.9 Å². The molecule has 2 heterocycles. The number of hydrogen-bond donors (Lipinski definition) is 0. The van der Waals surface area contributed by atoms with Crippen molar-refractivity contribution in [3.8, 4) is 0 Å². The number of ether oxygens (including phenoxy) is 1. The Balaban J connectivity index is 2.29. The van der Waals surface area contributed by atoms with Crippen molar-refractivity contribution in [2.24, 2.45) is 21.1 Å². The van der Waals surface area contributed by atoms with Crippen LogP contribution in [0.15, 0.2) is 27.0 Å². The van der Waals surface area contributed by atoms with Crippen molar-refractivity contribution in [3.63, 3.8) is 0 Å². The monoisotopic (exact) mass is 255 g/mol. The van der Waals surface area contributed by atoms with Crippen LogP contribution in [-0.2, 0) is 9.53 Å². The van der Waals surface area contributed by atoms with E-state index in [4.69, 9.17) is 0 Å². The Hall–Kier alpha value is -1.30. The summed E-state index contributed by atoms with van der Waals surface area (Å²) < 4.78 is 5.24. The molecule has 0 aromatic heterocycles. The summed E-state index contributed by atoms with van der Waals surface area (Å²) in [4.78, 5) is 15.1. The quantitative estimate of drug-likeness (QED) is 0.654. The lowest BCUT2D eigenvalue weighted by Crippen LogP contribution is -2.21. The molecule has 6 heteroatoms. The summed E-state index contributed by atoms with van der Waals surface area (Å²) >= 11 is 3.26. The van der Waals surface area contributed by atoms with Gasteiger partial charge in [-0.25, -0.2) is 9.79 Å². The van der Waals surface area contributed by atoms with E-state index in [1.165, 1.54) is 13.3 Å². The van der Waals surface area contributed by atoms with Gasteiger partial charge in [0.15, 0.2) is 0 Å². The molecule has 0 saturated heterocycles. The summed E-state index contributed by atoms with van der Waals surface area (Å²) in [5, 5.41) is 7.70. The largest absolute Gasteiger partial charge is 0.464 e. The first-order chi connectivity index (χ1) is 6.72. The smallest absolute Gasteiger partial charge is 0.356 e. The molecule has 72 valence electrons. The molecule has 0 N–H and O–H groups in total. The van der Waals surface area contributed by atoms with Crippen LogP contribution in [0.2, 0.25) is 0 Å². The Kier molecular flexibility index (Phi) is 2.28. The molecule has 2 aliphatic heterocycles. The van der Waals surface area contributed by atoms with Crippen molar-refractivity contribution in [2.45, 2.75) is 0 Å². The molecule has 0 radical (unpaired) electrons. The van der Waals surface area contributed by atoms with E-state index >= 15 is 0 Å². The standard InChI is InChI=1S/C8H6BrN3O2/c1-14-8(13)5-2-4-6(3-10-5)11-12-7(4)9/h2-4H,1H3/t4-/m1/s1. The summed E-state index contributed by atoms with van der Waals surface area (Å²) in [5.41, 5.74) is 1.01.